The van der Waals surface area contributed by atoms with Gasteiger partial charge in [0.05, 0.1) is 11.7 Å². The van der Waals surface area contributed by atoms with Gasteiger partial charge < -0.3 is 5.11 Å². The van der Waals surface area contributed by atoms with Crippen molar-refractivity contribution < 1.29 is 18.3 Å². The maximum Gasteiger partial charge on any atom is 0.417 e. The highest BCUT2D eigenvalue weighted by molar-refractivity contribution is 14.1. The smallest absolute Gasteiger partial charge is 0.389 e. The second kappa shape index (κ2) is 4.06. The molecule has 1 nitrogen and oxygen atoms in total. The minimum atomic E-state index is -4.33. The number of alkyl halides is 3. The van der Waals surface area contributed by atoms with Gasteiger partial charge in [-0.25, -0.2) is 0 Å². The molecular weight excluding hydrogens is 308 g/mol. The lowest BCUT2D eigenvalue weighted by Gasteiger charge is -2.11. The lowest BCUT2D eigenvalue weighted by atomic mass is 10.1. The van der Waals surface area contributed by atoms with Gasteiger partial charge in [-0.05, 0) is 47.2 Å². The van der Waals surface area contributed by atoms with Crippen molar-refractivity contribution in [2.45, 2.75) is 19.2 Å². The van der Waals surface area contributed by atoms with Gasteiger partial charge >= 0.3 is 6.18 Å². The number of aliphatic hydroxyl groups excluding tert-OH is 1. The molecule has 1 unspecified atom stereocenters. The maximum atomic E-state index is 12.3. The van der Waals surface area contributed by atoms with E-state index in [1.54, 1.807) is 22.6 Å². The molecule has 1 aromatic carbocycles. The van der Waals surface area contributed by atoms with Crippen molar-refractivity contribution in [3.8, 4) is 0 Å². The minimum Gasteiger partial charge on any atom is -0.389 e. The Morgan fingerprint density at radius 2 is 1.93 bits per heavy atom. The van der Waals surface area contributed by atoms with Crippen molar-refractivity contribution in [1.29, 1.82) is 0 Å². The largest absolute Gasteiger partial charge is 0.417 e. The maximum absolute atomic E-state index is 12.3. The SMILES string of the molecule is CC(O)c1ccc(C(F)(F)F)c(I)c1. The van der Waals surface area contributed by atoms with E-state index in [-0.39, 0.29) is 3.57 Å². The molecule has 78 valence electrons. The van der Waals surface area contributed by atoms with Crippen LogP contribution in [0.3, 0.4) is 0 Å². The van der Waals surface area contributed by atoms with Crippen LogP contribution in [-0.4, -0.2) is 5.11 Å². The summed E-state index contributed by atoms with van der Waals surface area (Å²) in [7, 11) is 0. The highest BCUT2D eigenvalue weighted by Gasteiger charge is 2.32. The molecule has 0 radical (unpaired) electrons. The first kappa shape index (κ1) is 11.8. The van der Waals surface area contributed by atoms with Crippen LogP contribution >= 0.6 is 22.6 Å². The van der Waals surface area contributed by atoms with Crippen molar-refractivity contribution in [3.05, 3.63) is 32.9 Å². The van der Waals surface area contributed by atoms with Crippen LogP contribution in [0.25, 0.3) is 0 Å². The predicted octanol–water partition coefficient (Wildman–Crippen LogP) is 3.36. The molecule has 0 heterocycles. The molecular formula is C9H8F3IO. The molecule has 1 rings (SSSR count). The van der Waals surface area contributed by atoms with Crippen LogP contribution in [0.4, 0.5) is 13.2 Å². The van der Waals surface area contributed by atoms with E-state index < -0.39 is 17.8 Å². The number of hydrogen-bond acceptors (Lipinski definition) is 1. The second-order valence-corrected chi connectivity index (χ2v) is 4.08. The summed E-state index contributed by atoms with van der Waals surface area (Å²) in [4.78, 5) is 0. The highest BCUT2D eigenvalue weighted by atomic mass is 127. The fraction of sp³-hybridized carbons (Fsp3) is 0.333. The summed E-state index contributed by atoms with van der Waals surface area (Å²) in [6, 6.07) is 3.62. The van der Waals surface area contributed by atoms with Gasteiger partial charge in [0.2, 0.25) is 0 Å². The Kier molecular flexibility index (Phi) is 3.41. The van der Waals surface area contributed by atoms with Crippen molar-refractivity contribution in [2.75, 3.05) is 0 Å². The Balaban J connectivity index is 3.15. The number of rotatable bonds is 1. The number of benzene rings is 1. The zero-order chi connectivity index (χ0) is 10.9. The highest BCUT2D eigenvalue weighted by Crippen LogP contribution is 2.33. The molecule has 14 heavy (non-hydrogen) atoms. The van der Waals surface area contributed by atoms with Crippen molar-refractivity contribution in [1.82, 2.24) is 0 Å². The first-order valence-corrected chi connectivity index (χ1v) is 4.95. The van der Waals surface area contributed by atoms with Gasteiger partial charge in [0, 0.05) is 3.57 Å². The first-order valence-electron chi connectivity index (χ1n) is 3.87. The lowest BCUT2D eigenvalue weighted by molar-refractivity contribution is -0.138. The Bertz CT molecular complexity index is 333. The lowest BCUT2D eigenvalue weighted by Crippen LogP contribution is -2.08. The molecule has 0 bridgehead atoms. The van der Waals surface area contributed by atoms with Crippen LogP contribution < -0.4 is 0 Å². The van der Waals surface area contributed by atoms with Crippen molar-refractivity contribution in [2.24, 2.45) is 0 Å². The van der Waals surface area contributed by atoms with Gasteiger partial charge in [-0.3, -0.25) is 0 Å². The predicted molar refractivity (Wildman–Crippen MR) is 54.8 cm³/mol. The number of hydrogen-bond donors (Lipinski definition) is 1. The fourth-order valence-corrected chi connectivity index (χ4v) is 1.87. The summed E-state index contributed by atoms with van der Waals surface area (Å²) in [5.41, 5.74) is -0.176. The molecule has 0 aromatic heterocycles. The Labute approximate surface area is 93.1 Å². The van der Waals surface area contributed by atoms with E-state index in [9.17, 15) is 13.2 Å². The summed E-state index contributed by atoms with van der Waals surface area (Å²) in [5, 5.41) is 9.16. The topological polar surface area (TPSA) is 20.2 Å². The van der Waals surface area contributed by atoms with E-state index in [0.29, 0.717) is 5.56 Å². The second-order valence-electron chi connectivity index (χ2n) is 2.91. The zero-order valence-electron chi connectivity index (χ0n) is 7.27. The van der Waals surface area contributed by atoms with Crippen LogP contribution in [0.15, 0.2) is 18.2 Å². The molecule has 0 fully saturated rings. The summed E-state index contributed by atoms with van der Waals surface area (Å²) >= 11 is 1.61. The molecule has 0 amide bonds. The van der Waals surface area contributed by atoms with Gasteiger partial charge in [0.1, 0.15) is 0 Å². The molecule has 1 aromatic rings. The Morgan fingerprint density at radius 1 is 1.36 bits per heavy atom. The van der Waals surface area contributed by atoms with Crippen LogP contribution in [0.2, 0.25) is 0 Å². The first-order chi connectivity index (χ1) is 6.32. The molecule has 5 heteroatoms. The Hall–Kier alpha value is -0.300. The monoisotopic (exact) mass is 316 g/mol. The van der Waals surface area contributed by atoms with E-state index in [2.05, 4.69) is 0 Å². The van der Waals surface area contributed by atoms with E-state index >= 15 is 0 Å². The molecule has 0 saturated carbocycles. The van der Waals surface area contributed by atoms with Gasteiger partial charge in [-0.2, -0.15) is 13.2 Å². The molecule has 0 aliphatic carbocycles. The molecule has 0 aliphatic rings. The summed E-state index contributed by atoms with van der Waals surface area (Å²) in [6.45, 7) is 1.51. The van der Waals surface area contributed by atoms with Gasteiger partial charge in [0.25, 0.3) is 0 Å². The fourth-order valence-electron chi connectivity index (χ4n) is 1.02. The van der Waals surface area contributed by atoms with Crippen LogP contribution in [-0.2, 0) is 6.18 Å². The molecule has 0 saturated heterocycles. The molecule has 0 aliphatic heterocycles. The van der Waals surface area contributed by atoms with Gasteiger partial charge in [-0.1, -0.05) is 6.07 Å². The third-order valence-corrected chi connectivity index (χ3v) is 2.67. The summed E-state index contributed by atoms with van der Waals surface area (Å²) < 4.78 is 37.0. The quantitative estimate of drug-likeness (QED) is 0.788. The van der Waals surface area contributed by atoms with Gasteiger partial charge in [0.15, 0.2) is 0 Å². The van der Waals surface area contributed by atoms with E-state index in [1.807, 2.05) is 0 Å². The summed E-state index contributed by atoms with van der Waals surface area (Å²) in [5.74, 6) is 0. The van der Waals surface area contributed by atoms with Crippen LogP contribution in [0.5, 0.6) is 0 Å². The minimum absolute atomic E-state index is 0.105. The third kappa shape index (κ3) is 2.60. The molecule has 1 atom stereocenters. The standard InChI is InChI=1S/C9H8F3IO/c1-5(14)6-2-3-7(8(13)4-6)9(10,11)12/h2-5,14H,1H3. The number of halogens is 4. The Morgan fingerprint density at radius 3 is 2.29 bits per heavy atom. The van der Waals surface area contributed by atoms with Gasteiger partial charge in [-0.15, -0.1) is 0 Å². The zero-order valence-corrected chi connectivity index (χ0v) is 9.43. The van der Waals surface area contributed by atoms with Crippen LogP contribution in [0, 0.1) is 3.57 Å². The summed E-state index contributed by atoms with van der Waals surface area (Å²) in [6.07, 6.45) is -5.07. The molecule has 1 N–H and O–H groups in total. The average molecular weight is 316 g/mol. The normalized spacial score (nSPS) is 14.1. The number of aliphatic hydroxyl groups is 1. The van der Waals surface area contributed by atoms with Crippen LogP contribution in [0.1, 0.15) is 24.2 Å². The van der Waals surface area contributed by atoms with E-state index in [4.69, 9.17) is 5.11 Å². The van der Waals surface area contributed by atoms with Crippen molar-refractivity contribution in [3.63, 3.8) is 0 Å². The third-order valence-electron chi connectivity index (χ3n) is 1.78. The average Bonchev–Trinajstić information content (AvgIpc) is 2.01. The van der Waals surface area contributed by atoms with E-state index in [1.165, 1.54) is 19.1 Å². The van der Waals surface area contributed by atoms with Crippen molar-refractivity contribution >= 4 is 22.6 Å². The molecule has 0 spiro atoms. The van der Waals surface area contributed by atoms with E-state index in [0.717, 1.165) is 6.07 Å².